The number of aliphatic hydroxyl groups is 1. The van der Waals surface area contributed by atoms with Crippen LogP contribution in [-0.4, -0.2) is 44.9 Å². The average molecular weight is 561 g/mol. The summed E-state index contributed by atoms with van der Waals surface area (Å²) < 4.78 is 6.38. The number of halogens is 1. The SMILES string of the molecule is CCOc1cc(C2C(=C(O)c3ccc(Br)cc3)C(=O)C(=O)N2CCc2c[nH]c3ccccc23)ccc1O. The van der Waals surface area contributed by atoms with Crippen LogP contribution in [0.1, 0.15) is 29.7 Å². The third-order valence-electron chi connectivity index (χ3n) is 6.55. The smallest absolute Gasteiger partial charge is 0.295 e. The fraction of sp³-hybridized carbons (Fsp3) is 0.172. The van der Waals surface area contributed by atoms with Crippen LogP contribution in [0.15, 0.2) is 83.0 Å². The van der Waals surface area contributed by atoms with Gasteiger partial charge in [0, 0.05) is 33.7 Å². The van der Waals surface area contributed by atoms with Crippen LogP contribution in [0.4, 0.5) is 0 Å². The molecule has 0 radical (unpaired) electrons. The van der Waals surface area contributed by atoms with Crippen LogP contribution in [0.2, 0.25) is 0 Å². The van der Waals surface area contributed by atoms with E-state index in [0.717, 1.165) is 20.9 Å². The van der Waals surface area contributed by atoms with Crippen molar-refractivity contribution in [2.75, 3.05) is 13.2 Å². The van der Waals surface area contributed by atoms with Gasteiger partial charge in [-0.3, -0.25) is 9.59 Å². The molecule has 5 rings (SSSR count). The summed E-state index contributed by atoms with van der Waals surface area (Å²) in [5.41, 5.74) is 2.99. The van der Waals surface area contributed by atoms with Crippen molar-refractivity contribution in [1.29, 1.82) is 0 Å². The molecule has 0 saturated carbocycles. The lowest BCUT2D eigenvalue weighted by atomic mass is 9.95. The molecule has 1 aliphatic rings. The van der Waals surface area contributed by atoms with E-state index in [9.17, 15) is 19.8 Å². The van der Waals surface area contributed by atoms with Crippen LogP contribution < -0.4 is 4.74 Å². The van der Waals surface area contributed by atoms with Crippen molar-refractivity contribution >= 4 is 44.3 Å². The summed E-state index contributed by atoms with van der Waals surface area (Å²) in [5, 5.41) is 22.5. The Morgan fingerprint density at radius 1 is 1.08 bits per heavy atom. The van der Waals surface area contributed by atoms with Crippen LogP contribution >= 0.6 is 15.9 Å². The number of aromatic hydroxyl groups is 1. The number of benzene rings is 3. The number of para-hydroxylation sites is 1. The summed E-state index contributed by atoms with van der Waals surface area (Å²) in [6, 6.07) is 18.6. The summed E-state index contributed by atoms with van der Waals surface area (Å²) in [6.07, 6.45) is 2.41. The quantitative estimate of drug-likeness (QED) is 0.153. The third-order valence-corrected chi connectivity index (χ3v) is 7.08. The standard InChI is InChI=1S/C29H25BrN2O5/c1-2-37-24-15-18(9-12-23(24)33)26-25(27(34)17-7-10-20(30)11-8-17)28(35)29(36)32(26)14-13-19-16-31-22-6-4-3-5-21(19)22/h3-12,15-16,26,31,33-34H,2,13-14H2,1H3. The van der Waals surface area contributed by atoms with Gasteiger partial charge < -0.3 is 24.8 Å². The molecule has 2 heterocycles. The van der Waals surface area contributed by atoms with Crippen molar-refractivity contribution in [3.8, 4) is 11.5 Å². The summed E-state index contributed by atoms with van der Waals surface area (Å²) in [4.78, 5) is 31.4. The zero-order chi connectivity index (χ0) is 26.1. The molecule has 4 aromatic rings. The Bertz CT molecular complexity index is 1520. The largest absolute Gasteiger partial charge is 0.507 e. The zero-order valence-corrected chi connectivity index (χ0v) is 21.7. The van der Waals surface area contributed by atoms with Crippen molar-refractivity contribution in [3.05, 3.63) is 99.7 Å². The summed E-state index contributed by atoms with van der Waals surface area (Å²) in [7, 11) is 0. The third kappa shape index (κ3) is 4.60. The molecule has 1 unspecified atom stereocenters. The number of aromatic amines is 1. The molecule has 1 fully saturated rings. The Labute approximate surface area is 222 Å². The molecule has 0 bridgehead atoms. The van der Waals surface area contributed by atoms with E-state index in [1.165, 1.54) is 11.0 Å². The highest BCUT2D eigenvalue weighted by Gasteiger charge is 2.46. The Morgan fingerprint density at radius 3 is 2.59 bits per heavy atom. The molecule has 0 aliphatic carbocycles. The maximum Gasteiger partial charge on any atom is 0.295 e. The van der Waals surface area contributed by atoms with E-state index < -0.39 is 17.7 Å². The molecule has 3 aromatic carbocycles. The Balaban J connectivity index is 1.59. The molecule has 3 N–H and O–H groups in total. The van der Waals surface area contributed by atoms with Gasteiger partial charge in [0.15, 0.2) is 11.5 Å². The number of amides is 1. The molecular formula is C29H25BrN2O5. The van der Waals surface area contributed by atoms with Crippen molar-refractivity contribution < 1.29 is 24.5 Å². The van der Waals surface area contributed by atoms with Crippen molar-refractivity contribution in [3.63, 3.8) is 0 Å². The second-order valence-corrected chi connectivity index (χ2v) is 9.68. The van der Waals surface area contributed by atoms with Crippen LogP contribution in [0.3, 0.4) is 0 Å². The van der Waals surface area contributed by atoms with E-state index in [1.807, 2.05) is 30.5 Å². The highest BCUT2D eigenvalue weighted by Crippen LogP contribution is 2.42. The van der Waals surface area contributed by atoms with Gasteiger partial charge >= 0.3 is 0 Å². The summed E-state index contributed by atoms with van der Waals surface area (Å²) >= 11 is 3.38. The Hall–Kier alpha value is -4.04. The van der Waals surface area contributed by atoms with E-state index in [-0.39, 0.29) is 29.4 Å². The molecular weight excluding hydrogens is 536 g/mol. The highest BCUT2D eigenvalue weighted by molar-refractivity contribution is 9.10. The number of hydrogen-bond acceptors (Lipinski definition) is 5. The number of aliphatic hydroxyl groups excluding tert-OH is 1. The van der Waals surface area contributed by atoms with E-state index in [1.54, 1.807) is 43.3 Å². The van der Waals surface area contributed by atoms with Crippen molar-refractivity contribution in [2.45, 2.75) is 19.4 Å². The van der Waals surface area contributed by atoms with E-state index in [0.29, 0.717) is 24.2 Å². The first-order valence-electron chi connectivity index (χ1n) is 11.9. The van der Waals surface area contributed by atoms with E-state index >= 15 is 0 Å². The van der Waals surface area contributed by atoms with Gasteiger partial charge in [0.25, 0.3) is 11.7 Å². The molecule has 7 nitrogen and oxygen atoms in total. The molecule has 188 valence electrons. The summed E-state index contributed by atoms with van der Waals surface area (Å²) in [6.45, 7) is 2.38. The highest BCUT2D eigenvalue weighted by atomic mass is 79.9. The van der Waals surface area contributed by atoms with Gasteiger partial charge in [-0.05, 0) is 54.8 Å². The minimum absolute atomic E-state index is 0.000567. The predicted molar refractivity (Wildman–Crippen MR) is 144 cm³/mol. The van der Waals surface area contributed by atoms with E-state index in [2.05, 4.69) is 20.9 Å². The van der Waals surface area contributed by atoms with Gasteiger partial charge in [-0.2, -0.15) is 0 Å². The second kappa shape index (κ2) is 10.1. The molecule has 1 amide bonds. The Kier molecular flexibility index (Phi) is 6.76. The van der Waals surface area contributed by atoms with Crippen LogP contribution in [0, 0.1) is 0 Å². The van der Waals surface area contributed by atoms with Crippen molar-refractivity contribution in [1.82, 2.24) is 9.88 Å². The summed E-state index contributed by atoms with van der Waals surface area (Å²) in [5.74, 6) is -1.50. The van der Waals surface area contributed by atoms with Gasteiger partial charge in [-0.25, -0.2) is 0 Å². The number of hydrogen-bond donors (Lipinski definition) is 3. The average Bonchev–Trinajstić information content (AvgIpc) is 3.42. The maximum atomic E-state index is 13.3. The number of Topliss-reactive ketones (excluding diaryl/α,β-unsaturated/α-hetero) is 1. The number of ketones is 1. The topological polar surface area (TPSA) is 103 Å². The number of H-pyrrole nitrogens is 1. The van der Waals surface area contributed by atoms with Gasteiger partial charge in [0.2, 0.25) is 0 Å². The zero-order valence-electron chi connectivity index (χ0n) is 20.1. The van der Waals surface area contributed by atoms with Gasteiger partial charge in [-0.1, -0.05) is 52.3 Å². The first-order chi connectivity index (χ1) is 17.9. The minimum atomic E-state index is -0.853. The molecule has 1 aromatic heterocycles. The minimum Gasteiger partial charge on any atom is -0.507 e. The number of ether oxygens (including phenoxy) is 1. The molecule has 1 atom stereocenters. The number of phenols is 1. The lowest BCUT2D eigenvalue weighted by Crippen LogP contribution is -2.31. The van der Waals surface area contributed by atoms with Crippen molar-refractivity contribution in [2.24, 2.45) is 0 Å². The lowest BCUT2D eigenvalue weighted by molar-refractivity contribution is -0.139. The maximum absolute atomic E-state index is 13.3. The van der Waals surface area contributed by atoms with Gasteiger partial charge in [-0.15, -0.1) is 0 Å². The molecule has 1 aliphatic heterocycles. The van der Waals surface area contributed by atoms with E-state index in [4.69, 9.17) is 4.74 Å². The number of carbonyl (C=O) groups excluding carboxylic acids is 2. The first-order valence-corrected chi connectivity index (χ1v) is 12.7. The number of phenolic OH excluding ortho intramolecular Hbond substituents is 1. The lowest BCUT2D eigenvalue weighted by Gasteiger charge is -2.26. The van der Waals surface area contributed by atoms with Crippen LogP contribution in [-0.2, 0) is 16.0 Å². The Morgan fingerprint density at radius 2 is 1.84 bits per heavy atom. The first kappa shape index (κ1) is 24.6. The molecule has 0 spiro atoms. The van der Waals surface area contributed by atoms with Crippen LogP contribution in [0.25, 0.3) is 16.7 Å². The number of aromatic nitrogens is 1. The van der Waals surface area contributed by atoms with Crippen LogP contribution in [0.5, 0.6) is 11.5 Å². The fourth-order valence-electron chi connectivity index (χ4n) is 4.77. The molecule has 37 heavy (non-hydrogen) atoms. The van der Waals surface area contributed by atoms with Gasteiger partial charge in [0.1, 0.15) is 5.76 Å². The second-order valence-electron chi connectivity index (χ2n) is 8.77. The number of carbonyl (C=O) groups is 2. The normalized spacial score (nSPS) is 17.0. The monoisotopic (exact) mass is 560 g/mol. The number of nitrogens with zero attached hydrogens (tertiary/aromatic N) is 1. The number of rotatable bonds is 7. The number of fused-ring (bicyclic) bond motifs is 1. The molecule has 8 heteroatoms. The fourth-order valence-corrected chi connectivity index (χ4v) is 5.04. The number of likely N-dealkylation sites (tertiary alicyclic amines) is 1. The van der Waals surface area contributed by atoms with Gasteiger partial charge in [0.05, 0.1) is 18.2 Å². The number of nitrogens with one attached hydrogen (secondary N) is 1. The predicted octanol–water partition coefficient (Wildman–Crippen LogP) is 5.70. The molecule has 1 saturated heterocycles.